The standard InChI is InChI=1S/C22H25NO3S/c1-16-9-12-19(13-10-16)27(25,26)20-14-11-17(15-22(20,2)3)21(24)23-18-7-5-4-6-8-18/h4-13,20H,14-15H2,1-3H3,(H,23,24). The SMILES string of the molecule is Cc1ccc(S(=O)(=O)C2CC=C(C(=O)Nc3ccccc3)CC2(C)C)cc1. The molecule has 27 heavy (non-hydrogen) atoms. The van der Waals surface area contributed by atoms with Gasteiger partial charge in [-0.25, -0.2) is 8.42 Å². The minimum Gasteiger partial charge on any atom is -0.322 e. The predicted octanol–water partition coefficient (Wildman–Crippen LogP) is 4.52. The Labute approximate surface area is 161 Å². The highest BCUT2D eigenvalue weighted by Crippen LogP contribution is 2.42. The van der Waals surface area contributed by atoms with E-state index in [0.717, 1.165) is 11.3 Å². The molecule has 4 nitrogen and oxygen atoms in total. The Morgan fingerprint density at radius 1 is 1.04 bits per heavy atom. The minimum absolute atomic E-state index is 0.166. The van der Waals surface area contributed by atoms with Crippen molar-refractivity contribution >= 4 is 21.4 Å². The molecule has 142 valence electrons. The highest BCUT2D eigenvalue weighted by Gasteiger charge is 2.43. The number of hydrogen-bond donors (Lipinski definition) is 1. The van der Waals surface area contributed by atoms with Gasteiger partial charge in [0.25, 0.3) is 5.91 Å². The van der Waals surface area contributed by atoms with Crippen molar-refractivity contribution in [2.24, 2.45) is 5.41 Å². The molecular formula is C22H25NO3S. The molecule has 0 saturated heterocycles. The number of carbonyl (C=O) groups excluding carboxylic acids is 1. The van der Waals surface area contributed by atoms with E-state index < -0.39 is 20.5 Å². The van der Waals surface area contributed by atoms with Gasteiger partial charge in [-0.15, -0.1) is 0 Å². The number of nitrogens with one attached hydrogen (secondary N) is 1. The van der Waals surface area contributed by atoms with Crippen LogP contribution in [-0.2, 0) is 14.6 Å². The maximum atomic E-state index is 13.2. The van der Waals surface area contributed by atoms with Gasteiger partial charge < -0.3 is 5.32 Å². The van der Waals surface area contributed by atoms with Crippen LogP contribution < -0.4 is 5.32 Å². The summed E-state index contributed by atoms with van der Waals surface area (Å²) in [4.78, 5) is 12.9. The number of allylic oxidation sites excluding steroid dienone is 1. The molecule has 0 radical (unpaired) electrons. The van der Waals surface area contributed by atoms with Crippen LogP contribution in [-0.4, -0.2) is 19.6 Å². The highest BCUT2D eigenvalue weighted by molar-refractivity contribution is 7.92. The largest absolute Gasteiger partial charge is 0.322 e. The Kier molecular flexibility index (Phi) is 5.24. The first-order valence-electron chi connectivity index (χ1n) is 9.06. The van der Waals surface area contributed by atoms with Crippen LogP contribution in [0.1, 0.15) is 32.3 Å². The average Bonchev–Trinajstić information content (AvgIpc) is 2.61. The molecule has 1 amide bonds. The Balaban J connectivity index is 1.83. The maximum Gasteiger partial charge on any atom is 0.251 e. The number of carbonyl (C=O) groups is 1. The maximum absolute atomic E-state index is 13.2. The normalized spacial score (nSPS) is 19.2. The van der Waals surface area contributed by atoms with Crippen LogP contribution in [0.2, 0.25) is 0 Å². The van der Waals surface area contributed by atoms with Crippen molar-refractivity contribution in [3.8, 4) is 0 Å². The monoisotopic (exact) mass is 383 g/mol. The van der Waals surface area contributed by atoms with Crippen molar-refractivity contribution in [1.82, 2.24) is 0 Å². The van der Waals surface area contributed by atoms with Crippen molar-refractivity contribution in [2.45, 2.75) is 43.8 Å². The summed E-state index contributed by atoms with van der Waals surface area (Å²) in [6.45, 7) is 5.78. The van der Waals surface area contributed by atoms with Gasteiger partial charge in [-0.05, 0) is 49.4 Å². The molecule has 1 N–H and O–H groups in total. The Bertz CT molecular complexity index is 958. The molecule has 2 aromatic rings. The number of rotatable bonds is 4. The molecule has 0 aromatic heterocycles. The number of aryl methyl sites for hydroxylation is 1. The third-order valence-corrected chi connectivity index (χ3v) is 7.65. The van der Waals surface area contributed by atoms with Crippen LogP contribution in [0.4, 0.5) is 5.69 Å². The summed E-state index contributed by atoms with van der Waals surface area (Å²) in [6.07, 6.45) is 2.53. The second-order valence-electron chi connectivity index (χ2n) is 7.80. The van der Waals surface area contributed by atoms with E-state index in [9.17, 15) is 13.2 Å². The van der Waals surface area contributed by atoms with Crippen LogP contribution in [0.5, 0.6) is 0 Å². The second kappa shape index (κ2) is 7.31. The van der Waals surface area contributed by atoms with E-state index in [-0.39, 0.29) is 5.91 Å². The van der Waals surface area contributed by atoms with E-state index in [0.29, 0.717) is 23.3 Å². The molecule has 0 heterocycles. The first-order valence-corrected chi connectivity index (χ1v) is 10.6. The molecule has 0 bridgehead atoms. The number of anilines is 1. The zero-order chi connectivity index (χ0) is 19.7. The Morgan fingerprint density at radius 2 is 1.67 bits per heavy atom. The van der Waals surface area contributed by atoms with Crippen molar-refractivity contribution in [3.05, 3.63) is 71.8 Å². The van der Waals surface area contributed by atoms with Gasteiger partial charge in [-0.2, -0.15) is 0 Å². The fourth-order valence-electron chi connectivity index (χ4n) is 3.59. The molecule has 1 aliphatic rings. The molecule has 1 atom stereocenters. The number of amides is 1. The molecule has 3 rings (SSSR count). The smallest absolute Gasteiger partial charge is 0.251 e. The van der Waals surface area contributed by atoms with Gasteiger partial charge in [0.2, 0.25) is 0 Å². The van der Waals surface area contributed by atoms with Crippen molar-refractivity contribution in [3.63, 3.8) is 0 Å². The van der Waals surface area contributed by atoms with E-state index in [1.54, 1.807) is 18.2 Å². The lowest BCUT2D eigenvalue weighted by Crippen LogP contribution is -2.40. The average molecular weight is 384 g/mol. The molecule has 5 heteroatoms. The first-order chi connectivity index (χ1) is 12.7. The molecule has 0 aliphatic heterocycles. The fourth-order valence-corrected chi connectivity index (χ4v) is 5.71. The molecule has 0 saturated carbocycles. The van der Waals surface area contributed by atoms with E-state index in [4.69, 9.17) is 0 Å². The molecule has 1 aliphatic carbocycles. The first kappa shape index (κ1) is 19.4. The number of para-hydroxylation sites is 1. The lowest BCUT2D eigenvalue weighted by atomic mass is 9.76. The molecule has 0 fully saturated rings. The van der Waals surface area contributed by atoms with Gasteiger partial charge >= 0.3 is 0 Å². The summed E-state index contributed by atoms with van der Waals surface area (Å²) in [5.74, 6) is -0.166. The van der Waals surface area contributed by atoms with Gasteiger partial charge in [0.1, 0.15) is 0 Å². The topological polar surface area (TPSA) is 63.2 Å². The van der Waals surface area contributed by atoms with Crippen LogP contribution in [0, 0.1) is 12.3 Å². The number of sulfone groups is 1. The van der Waals surface area contributed by atoms with E-state index in [1.807, 2.05) is 63.2 Å². The van der Waals surface area contributed by atoms with Gasteiger partial charge in [0.15, 0.2) is 9.84 Å². The highest BCUT2D eigenvalue weighted by atomic mass is 32.2. The fraction of sp³-hybridized carbons (Fsp3) is 0.318. The second-order valence-corrected chi connectivity index (χ2v) is 9.93. The van der Waals surface area contributed by atoms with Crippen molar-refractivity contribution in [2.75, 3.05) is 5.32 Å². The van der Waals surface area contributed by atoms with Gasteiger partial charge in [-0.1, -0.05) is 55.8 Å². The summed E-state index contributed by atoms with van der Waals surface area (Å²) in [7, 11) is -3.47. The van der Waals surface area contributed by atoms with Gasteiger partial charge in [0.05, 0.1) is 10.1 Å². The molecule has 1 unspecified atom stereocenters. The lowest BCUT2D eigenvalue weighted by molar-refractivity contribution is -0.113. The van der Waals surface area contributed by atoms with E-state index in [2.05, 4.69) is 5.32 Å². The van der Waals surface area contributed by atoms with Crippen LogP contribution in [0.15, 0.2) is 71.1 Å². The van der Waals surface area contributed by atoms with Crippen LogP contribution in [0.3, 0.4) is 0 Å². The van der Waals surface area contributed by atoms with Crippen LogP contribution >= 0.6 is 0 Å². The van der Waals surface area contributed by atoms with Gasteiger partial charge in [0, 0.05) is 11.3 Å². The minimum atomic E-state index is -3.47. The van der Waals surface area contributed by atoms with E-state index >= 15 is 0 Å². The number of hydrogen-bond acceptors (Lipinski definition) is 3. The molecule has 0 spiro atoms. The third kappa shape index (κ3) is 4.14. The lowest BCUT2D eigenvalue weighted by Gasteiger charge is -2.37. The quantitative estimate of drug-likeness (QED) is 0.844. The zero-order valence-corrected chi connectivity index (χ0v) is 16.7. The summed E-state index contributed by atoms with van der Waals surface area (Å²) in [5, 5.41) is 2.33. The third-order valence-electron chi connectivity index (χ3n) is 5.14. The molecule has 2 aromatic carbocycles. The predicted molar refractivity (Wildman–Crippen MR) is 108 cm³/mol. The Morgan fingerprint density at radius 3 is 2.26 bits per heavy atom. The van der Waals surface area contributed by atoms with Crippen LogP contribution in [0.25, 0.3) is 0 Å². The summed E-state index contributed by atoms with van der Waals surface area (Å²) in [6, 6.07) is 16.2. The number of benzene rings is 2. The van der Waals surface area contributed by atoms with Crippen molar-refractivity contribution in [1.29, 1.82) is 0 Å². The molecular weight excluding hydrogens is 358 g/mol. The summed E-state index contributed by atoms with van der Waals surface area (Å²) < 4.78 is 26.3. The van der Waals surface area contributed by atoms with Gasteiger partial charge in [-0.3, -0.25) is 4.79 Å². The summed E-state index contributed by atoms with van der Waals surface area (Å²) in [5.41, 5.74) is 1.85. The Hall–Kier alpha value is -2.40. The summed E-state index contributed by atoms with van der Waals surface area (Å²) >= 11 is 0. The zero-order valence-electron chi connectivity index (χ0n) is 15.9. The van der Waals surface area contributed by atoms with E-state index in [1.165, 1.54) is 0 Å². The van der Waals surface area contributed by atoms with Crippen molar-refractivity contribution < 1.29 is 13.2 Å².